The average molecular weight is 405 g/mol. The van der Waals surface area contributed by atoms with Crippen molar-refractivity contribution in [3.63, 3.8) is 0 Å². The van der Waals surface area contributed by atoms with Gasteiger partial charge in [0.15, 0.2) is 28.6 Å². The van der Waals surface area contributed by atoms with E-state index in [1.54, 1.807) is 0 Å². The van der Waals surface area contributed by atoms with Crippen molar-refractivity contribution in [2.75, 3.05) is 6.61 Å². The van der Waals surface area contributed by atoms with Crippen molar-refractivity contribution in [2.24, 2.45) is 7.05 Å². The summed E-state index contributed by atoms with van der Waals surface area (Å²) < 4.78 is 13.7. The van der Waals surface area contributed by atoms with Crippen LogP contribution in [0.4, 0.5) is 0 Å². The lowest BCUT2D eigenvalue weighted by molar-refractivity contribution is -0.133. The number of fused-ring (bicyclic) bond motifs is 1. The maximum atomic E-state index is 12.9. The molecule has 2 aromatic rings. The van der Waals surface area contributed by atoms with Crippen molar-refractivity contribution in [1.29, 1.82) is 0 Å². The summed E-state index contributed by atoms with van der Waals surface area (Å²) in [4.78, 5) is 14.8. The average Bonchev–Trinajstić information content (AvgIpc) is 3.01. The molecule has 0 saturated heterocycles. The van der Waals surface area contributed by atoms with Crippen LogP contribution < -0.4 is 9.47 Å². The van der Waals surface area contributed by atoms with Crippen LogP contribution in [0.15, 0.2) is 29.4 Å². The highest BCUT2D eigenvalue weighted by atomic mass is 32.2. The first-order valence-corrected chi connectivity index (χ1v) is 10.4. The van der Waals surface area contributed by atoms with Gasteiger partial charge < -0.3 is 18.9 Å². The number of carbonyl (C=O) groups excluding carboxylic acids is 1. The first kappa shape index (κ1) is 20.5. The zero-order valence-electron chi connectivity index (χ0n) is 17.2. The van der Waals surface area contributed by atoms with E-state index in [1.807, 2.05) is 75.4 Å². The molecule has 0 radical (unpaired) electrons. The minimum atomic E-state index is -0.337. The van der Waals surface area contributed by atoms with Crippen LogP contribution in [0.2, 0.25) is 0 Å². The second-order valence-corrected chi connectivity index (χ2v) is 8.77. The molecule has 2 heterocycles. The molecule has 28 heavy (non-hydrogen) atoms. The maximum absolute atomic E-state index is 12.9. The highest BCUT2D eigenvalue weighted by Gasteiger charge is 2.30. The molecule has 1 aromatic heterocycles. The molecule has 0 spiro atoms. The Morgan fingerprint density at radius 1 is 1.14 bits per heavy atom. The summed E-state index contributed by atoms with van der Waals surface area (Å²) in [5.74, 6) is 2.22. The molecule has 152 valence electrons. The summed E-state index contributed by atoms with van der Waals surface area (Å²) in [6.07, 6.45) is -0.337. The largest absolute Gasteiger partial charge is 0.485 e. The van der Waals surface area contributed by atoms with Crippen molar-refractivity contribution in [3.05, 3.63) is 30.1 Å². The van der Waals surface area contributed by atoms with E-state index in [-0.39, 0.29) is 29.3 Å². The number of thioether (sulfide) groups is 1. The molecular weight excluding hydrogens is 376 g/mol. The number of aromatic nitrogens is 3. The topological polar surface area (TPSA) is 69.5 Å². The number of hydrogen-bond acceptors (Lipinski definition) is 6. The first-order chi connectivity index (χ1) is 13.3. The second-order valence-electron chi connectivity index (χ2n) is 7.46. The van der Waals surface area contributed by atoms with E-state index in [0.717, 1.165) is 5.75 Å². The molecule has 0 fully saturated rings. The van der Waals surface area contributed by atoms with Gasteiger partial charge in [-0.3, -0.25) is 4.79 Å². The summed E-state index contributed by atoms with van der Waals surface area (Å²) in [5, 5.41) is 9.02. The van der Waals surface area contributed by atoms with Gasteiger partial charge in [0.2, 0.25) is 5.91 Å². The van der Waals surface area contributed by atoms with Crippen LogP contribution in [0, 0.1) is 0 Å². The Balaban J connectivity index is 1.72. The van der Waals surface area contributed by atoms with E-state index in [9.17, 15) is 4.79 Å². The second kappa shape index (κ2) is 8.43. The lowest BCUT2D eigenvalue weighted by Gasteiger charge is -2.32. The Labute approximate surface area is 170 Å². The Hall–Kier alpha value is -2.22. The third-order valence-corrected chi connectivity index (χ3v) is 5.78. The van der Waals surface area contributed by atoms with E-state index in [4.69, 9.17) is 9.47 Å². The SMILES string of the molecule is CC(C)N(C(=O)[C@@H](C)Sc1nnc([C@H]2COc3ccccc3O2)n1C)C(C)C. The standard InChI is InChI=1S/C20H28N4O3S/c1-12(2)24(13(3)4)19(25)14(5)28-20-22-21-18(23(20)6)17-11-26-15-9-7-8-10-16(15)27-17/h7-10,12-14,17H,11H2,1-6H3/t14-,17-/m1/s1. The molecular formula is C20H28N4O3S. The monoisotopic (exact) mass is 404 g/mol. The van der Waals surface area contributed by atoms with Gasteiger partial charge >= 0.3 is 0 Å². The predicted octanol–water partition coefficient (Wildman–Crippen LogP) is 3.45. The number of rotatable bonds is 6. The lowest BCUT2D eigenvalue weighted by Crippen LogP contribution is -2.45. The van der Waals surface area contributed by atoms with Crippen LogP contribution in [-0.2, 0) is 11.8 Å². The van der Waals surface area contributed by atoms with Crippen LogP contribution in [0.25, 0.3) is 0 Å². The van der Waals surface area contributed by atoms with Crippen molar-refractivity contribution in [3.8, 4) is 11.5 Å². The number of benzene rings is 1. The van der Waals surface area contributed by atoms with E-state index >= 15 is 0 Å². The van der Waals surface area contributed by atoms with Crippen LogP contribution in [0.3, 0.4) is 0 Å². The molecule has 7 nitrogen and oxygen atoms in total. The summed E-state index contributed by atoms with van der Waals surface area (Å²) in [6.45, 7) is 10.4. The number of nitrogens with zero attached hydrogens (tertiary/aromatic N) is 4. The Morgan fingerprint density at radius 2 is 1.79 bits per heavy atom. The van der Waals surface area contributed by atoms with E-state index in [2.05, 4.69) is 10.2 Å². The summed E-state index contributed by atoms with van der Waals surface area (Å²) in [7, 11) is 1.89. The number of carbonyl (C=O) groups is 1. The van der Waals surface area contributed by atoms with Gasteiger partial charge in [-0.05, 0) is 46.8 Å². The minimum Gasteiger partial charge on any atom is -0.485 e. The molecule has 2 atom stereocenters. The Morgan fingerprint density at radius 3 is 2.43 bits per heavy atom. The fourth-order valence-electron chi connectivity index (χ4n) is 3.38. The zero-order chi connectivity index (χ0) is 20.4. The van der Waals surface area contributed by atoms with Crippen LogP contribution in [-0.4, -0.2) is 49.5 Å². The van der Waals surface area contributed by atoms with Gasteiger partial charge in [-0.25, -0.2) is 0 Å². The maximum Gasteiger partial charge on any atom is 0.236 e. The predicted molar refractivity (Wildman–Crippen MR) is 109 cm³/mol. The van der Waals surface area contributed by atoms with Crippen LogP contribution >= 0.6 is 11.8 Å². The summed E-state index contributed by atoms with van der Waals surface area (Å²) in [6, 6.07) is 7.88. The number of amides is 1. The molecule has 8 heteroatoms. The highest BCUT2D eigenvalue weighted by molar-refractivity contribution is 8.00. The zero-order valence-corrected chi connectivity index (χ0v) is 18.1. The van der Waals surface area contributed by atoms with Crippen LogP contribution in [0.1, 0.15) is 46.5 Å². The quantitative estimate of drug-likeness (QED) is 0.687. The molecule has 0 N–H and O–H groups in total. The fraction of sp³-hybridized carbons (Fsp3) is 0.550. The Kier molecular flexibility index (Phi) is 6.17. The van der Waals surface area contributed by atoms with Crippen LogP contribution in [0.5, 0.6) is 11.5 Å². The molecule has 0 bridgehead atoms. The van der Waals surface area contributed by atoms with Crippen molar-refractivity contribution in [2.45, 2.75) is 63.2 Å². The van der Waals surface area contributed by atoms with Gasteiger partial charge in [0.25, 0.3) is 0 Å². The smallest absolute Gasteiger partial charge is 0.236 e. The third kappa shape index (κ3) is 4.11. The van der Waals surface area contributed by atoms with Crippen molar-refractivity contribution in [1.82, 2.24) is 19.7 Å². The van der Waals surface area contributed by atoms with Gasteiger partial charge in [0.05, 0.1) is 5.25 Å². The van der Waals surface area contributed by atoms with Gasteiger partial charge in [-0.2, -0.15) is 0 Å². The molecule has 0 saturated carbocycles. The van der Waals surface area contributed by atoms with Gasteiger partial charge in [-0.1, -0.05) is 23.9 Å². The molecule has 1 aromatic carbocycles. The van der Waals surface area contributed by atoms with E-state index in [0.29, 0.717) is 23.3 Å². The van der Waals surface area contributed by atoms with Gasteiger partial charge in [-0.15, -0.1) is 10.2 Å². The number of hydrogen-bond donors (Lipinski definition) is 0. The molecule has 1 aliphatic heterocycles. The molecule has 0 aliphatic carbocycles. The van der Waals surface area contributed by atoms with Crippen molar-refractivity contribution < 1.29 is 14.3 Å². The third-order valence-electron chi connectivity index (χ3n) is 4.66. The summed E-state index contributed by atoms with van der Waals surface area (Å²) in [5.41, 5.74) is 0. The summed E-state index contributed by atoms with van der Waals surface area (Å²) >= 11 is 1.41. The highest BCUT2D eigenvalue weighted by Crippen LogP contribution is 2.36. The molecule has 1 amide bonds. The fourth-order valence-corrected chi connectivity index (χ4v) is 4.26. The number of ether oxygens (including phenoxy) is 2. The molecule has 3 rings (SSSR count). The van der Waals surface area contributed by atoms with E-state index < -0.39 is 0 Å². The lowest BCUT2D eigenvalue weighted by atomic mass is 10.2. The number of para-hydroxylation sites is 2. The first-order valence-electron chi connectivity index (χ1n) is 9.56. The van der Waals surface area contributed by atoms with Gasteiger partial charge in [0, 0.05) is 19.1 Å². The van der Waals surface area contributed by atoms with E-state index in [1.165, 1.54) is 11.8 Å². The minimum absolute atomic E-state index is 0.103. The molecule has 1 aliphatic rings. The Bertz CT molecular complexity index is 829. The normalized spacial score (nSPS) is 17.1. The van der Waals surface area contributed by atoms with Gasteiger partial charge in [0.1, 0.15) is 6.61 Å². The molecule has 0 unspecified atom stereocenters. The van der Waals surface area contributed by atoms with Crippen molar-refractivity contribution >= 4 is 17.7 Å².